The summed E-state index contributed by atoms with van der Waals surface area (Å²) in [6.45, 7) is 9.71. The molecule has 0 unspecified atom stereocenters. The first-order chi connectivity index (χ1) is 11.9. The van der Waals surface area contributed by atoms with Gasteiger partial charge in [-0.3, -0.25) is 9.59 Å². The maximum atomic E-state index is 11.4. The molecule has 0 saturated heterocycles. The quantitative estimate of drug-likeness (QED) is 0.720. The normalized spacial score (nSPS) is 12.4. The zero-order chi connectivity index (χ0) is 20.1. The van der Waals surface area contributed by atoms with Gasteiger partial charge in [-0.1, -0.05) is 53.4 Å². The molecule has 1 aliphatic carbocycles. The van der Waals surface area contributed by atoms with Crippen LogP contribution in [-0.4, -0.2) is 44.7 Å². The summed E-state index contributed by atoms with van der Waals surface area (Å²) in [4.78, 5) is 31.7. The molecule has 25 heavy (non-hydrogen) atoms. The second-order valence-electron chi connectivity index (χ2n) is 5.26. The van der Waals surface area contributed by atoms with Crippen LogP contribution in [-0.2, 0) is 14.3 Å². The highest BCUT2D eigenvalue weighted by atomic mass is 16.5. The van der Waals surface area contributed by atoms with Gasteiger partial charge < -0.3 is 20.7 Å². The summed E-state index contributed by atoms with van der Waals surface area (Å²) in [6.07, 6.45) is 6.37. The molecule has 7 heteroatoms. The van der Waals surface area contributed by atoms with E-state index in [1.165, 1.54) is 39.7 Å². The SMILES string of the molecule is CC.CCC.CNC(C)=O.COC(=O)NCC(=O)NC1CCCCC1. The predicted molar refractivity (Wildman–Crippen MR) is 102 cm³/mol. The number of ether oxygens (including phenoxy) is 1. The predicted octanol–water partition coefficient (Wildman–Crippen LogP) is 2.99. The number of nitrogens with one attached hydrogen (secondary N) is 3. The zero-order valence-corrected chi connectivity index (χ0v) is 17.2. The van der Waals surface area contributed by atoms with E-state index in [9.17, 15) is 14.4 Å². The van der Waals surface area contributed by atoms with Crippen molar-refractivity contribution in [2.75, 3.05) is 20.7 Å². The lowest BCUT2D eigenvalue weighted by molar-refractivity contribution is -0.121. The van der Waals surface area contributed by atoms with E-state index in [1.54, 1.807) is 7.05 Å². The van der Waals surface area contributed by atoms with Crippen molar-refractivity contribution in [3.8, 4) is 0 Å². The Morgan fingerprint density at radius 3 is 1.84 bits per heavy atom. The molecule has 0 atom stereocenters. The molecule has 3 N–H and O–H groups in total. The van der Waals surface area contributed by atoms with Crippen LogP contribution in [0.1, 0.15) is 73.1 Å². The van der Waals surface area contributed by atoms with Crippen LogP contribution in [0.2, 0.25) is 0 Å². The average Bonchev–Trinajstić information content (AvgIpc) is 2.63. The van der Waals surface area contributed by atoms with Gasteiger partial charge in [0.15, 0.2) is 0 Å². The standard InChI is InChI=1S/C10H18N2O3.C3H7NO.C3H8.C2H6/c1-15-10(14)11-7-9(13)12-8-5-3-2-4-6-8;1-3(5)4-2;1-3-2;1-2/h8H,2-7H2,1H3,(H,11,14)(H,12,13);1-2H3,(H,4,5);3H2,1-2H3;1-2H3. The third-order valence-electron chi connectivity index (χ3n) is 2.90. The number of rotatable bonds is 3. The van der Waals surface area contributed by atoms with Gasteiger partial charge in [-0.25, -0.2) is 4.79 Å². The largest absolute Gasteiger partial charge is 0.453 e. The van der Waals surface area contributed by atoms with E-state index in [4.69, 9.17) is 0 Å². The highest BCUT2D eigenvalue weighted by Gasteiger charge is 2.15. The number of hydrogen-bond donors (Lipinski definition) is 3. The molecule has 0 aromatic rings. The first-order valence-electron chi connectivity index (χ1n) is 9.20. The second kappa shape index (κ2) is 22.2. The molecule has 0 aromatic heterocycles. The van der Waals surface area contributed by atoms with Crippen LogP contribution >= 0.6 is 0 Å². The molecule has 0 spiro atoms. The molecule has 7 nitrogen and oxygen atoms in total. The summed E-state index contributed by atoms with van der Waals surface area (Å²) in [5.74, 6) is -0.141. The third-order valence-corrected chi connectivity index (χ3v) is 2.90. The molecule has 0 bridgehead atoms. The molecule has 150 valence electrons. The van der Waals surface area contributed by atoms with Gasteiger partial charge in [-0.05, 0) is 12.8 Å². The van der Waals surface area contributed by atoms with Crippen LogP contribution in [0.15, 0.2) is 0 Å². The number of carbonyl (C=O) groups is 3. The van der Waals surface area contributed by atoms with E-state index < -0.39 is 6.09 Å². The van der Waals surface area contributed by atoms with Crippen LogP contribution in [0, 0.1) is 0 Å². The monoisotopic (exact) mass is 361 g/mol. The molecule has 1 fully saturated rings. The van der Waals surface area contributed by atoms with Crippen molar-refractivity contribution in [1.82, 2.24) is 16.0 Å². The van der Waals surface area contributed by atoms with Crippen molar-refractivity contribution >= 4 is 17.9 Å². The van der Waals surface area contributed by atoms with Crippen LogP contribution in [0.5, 0.6) is 0 Å². The maximum absolute atomic E-state index is 11.4. The Morgan fingerprint density at radius 2 is 1.48 bits per heavy atom. The Morgan fingerprint density at radius 1 is 1.04 bits per heavy atom. The Balaban J connectivity index is -0.000000404. The molecule has 0 radical (unpaired) electrons. The van der Waals surface area contributed by atoms with Crippen molar-refractivity contribution in [2.24, 2.45) is 0 Å². The molecule has 0 heterocycles. The molecular formula is C18H39N3O4. The molecule has 1 rings (SSSR count). The van der Waals surface area contributed by atoms with Gasteiger partial charge in [0.1, 0.15) is 6.54 Å². The van der Waals surface area contributed by atoms with Gasteiger partial charge in [0.2, 0.25) is 11.8 Å². The van der Waals surface area contributed by atoms with Gasteiger partial charge in [0, 0.05) is 20.0 Å². The fourth-order valence-electron chi connectivity index (χ4n) is 1.75. The minimum Gasteiger partial charge on any atom is -0.453 e. The van der Waals surface area contributed by atoms with Crippen LogP contribution in [0.3, 0.4) is 0 Å². The summed E-state index contributed by atoms with van der Waals surface area (Å²) in [7, 11) is 2.87. The van der Waals surface area contributed by atoms with Crippen molar-refractivity contribution in [1.29, 1.82) is 0 Å². The summed E-state index contributed by atoms with van der Waals surface area (Å²) in [5, 5.41) is 7.63. The fraction of sp³-hybridized carbons (Fsp3) is 0.833. The van der Waals surface area contributed by atoms with Gasteiger partial charge in [-0.15, -0.1) is 0 Å². The molecule has 0 aliphatic heterocycles. The summed E-state index contributed by atoms with van der Waals surface area (Å²) < 4.78 is 4.36. The summed E-state index contributed by atoms with van der Waals surface area (Å²) in [5.41, 5.74) is 0. The number of amides is 3. The minimum atomic E-state index is -0.575. The van der Waals surface area contributed by atoms with Crippen molar-refractivity contribution < 1.29 is 19.1 Å². The van der Waals surface area contributed by atoms with Gasteiger partial charge in [0.05, 0.1) is 7.11 Å². The first-order valence-corrected chi connectivity index (χ1v) is 9.20. The molecule has 0 aromatic carbocycles. The first kappa shape index (κ1) is 28.0. The minimum absolute atomic E-state index is 0.00463. The van der Waals surface area contributed by atoms with Gasteiger partial charge in [0.25, 0.3) is 0 Å². The van der Waals surface area contributed by atoms with E-state index in [0.717, 1.165) is 12.8 Å². The topological polar surface area (TPSA) is 96.5 Å². The van der Waals surface area contributed by atoms with Gasteiger partial charge in [-0.2, -0.15) is 0 Å². The van der Waals surface area contributed by atoms with E-state index in [0.29, 0.717) is 0 Å². The smallest absolute Gasteiger partial charge is 0.407 e. The Hall–Kier alpha value is -1.79. The van der Waals surface area contributed by atoms with E-state index in [-0.39, 0.29) is 24.4 Å². The number of methoxy groups -OCH3 is 1. The zero-order valence-electron chi connectivity index (χ0n) is 17.2. The van der Waals surface area contributed by atoms with Crippen LogP contribution in [0.4, 0.5) is 4.79 Å². The lowest BCUT2D eigenvalue weighted by Gasteiger charge is -2.22. The van der Waals surface area contributed by atoms with E-state index in [1.807, 2.05) is 13.8 Å². The Kier molecular flexibility index (Phi) is 24.9. The molecular weight excluding hydrogens is 322 g/mol. The lowest BCUT2D eigenvalue weighted by Crippen LogP contribution is -2.42. The Bertz CT molecular complexity index is 330. The van der Waals surface area contributed by atoms with Crippen molar-refractivity contribution in [2.45, 2.75) is 79.2 Å². The maximum Gasteiger partial charge on any atom is 0.407 e. The van der Waals surface area contributed by atoms with Crippen LogP contribution in [0.25, 0.3) is 0 Å². The second-order valence-corrected chi connectivity index (χ2v) is 5.26. The fourth-order valence-corrected chi connectivity index (χ4v) is 1.75. The van der Waals surface area contributed by atoms with Crippen molar-refractivity contribution in [3.63, 3.8) is 0 Å². The summed E-state index contributed by atoms with van der Waals surface area (Å²) >= 11 is 0. The summed E-state index contributed by atoms with van der Waals surface area (Å²) in [6, 6.07) is 0.283. The highest BCUT2D eigenvalue weighted by molar-refractivity contribution is 5.82. The lowest BCUT2D eigenvalue weighted by atomic mass is 9.95. The Labute approximate surface area is 153 Å². The number of alkyl carbamates (subject to hydrolysis) is 1. The van der Waals surface area contributed by atoms with Gasteiger partial charge >= 0.3 is 6.09 Å². The van der Waals surface area contributed by atoms with E-state index in [2.05, 4.69) is 34.5 Å². The third kappa shape index (κ3) is 24.6. The number of carbonyl (C=O) groups excluding carboxylic acids is 3. The molecule has 3 amide bonds. The van der Waals surface area contributed by atoms with Crippen LogP contribution < -0.4 is 16.0 Å². The molecule has 1 aliphatic rings. The average molecular weight is 362 g/mol. The molecule has 1 saturated carbocycles. The number of hydrogen-bond acceptors (Lipinski definition) is 4. The highest BCUT2D eigenvalue weighted by Crippen LogP contribution is 2.16. The van der Waals surface area contributed by atoms with Crippen molar-refractivity contribution in [3.05, 3.63) is 0 Å². The van der Waals surface area contributed by atoms with E-state index >= 15 is 0 Å².